The Morgan fingerprint density at radius 1 is 1.00 bits per heavy atom. The molecule has 0 unspecified atom stereocenters. The predicted molar refractivity (Wildman–Crippen MR) is 107 cm³/mol. The number of carboxylic acids is 1. The van der Waals surface area contributed by atoms with Crippen LogP contribution >= 0.6 is 11.6 Å². The molecule has 1 N–H and O–H groups in total. The second kappa shape index (κ2) is 8.57. The minimum atomic E-state index is -0.925. The number of Topliss-reactive ketones (excluding diaryl/α,β-unsaturated/α-hetero) is 1. The Kier molecular flexibility index (Phi) is 6.15. The molecule has 3 rings (SSSR count). The van der Waals surface area contributed by atoms with Gasteiger partial charge in [-0.15, -0.1) is 0 Å². The fourth-order valence-corrected chi connectivity index (χ4v) is 3.69. The van der Waals surface area contributed by atoms with E-state index in [1.807, 2.05) is 19.1 Å². The molecule has 0 spiro atoms. The van der Waals surface area contributed by atoms with E-state index in [1.165, 1.54) is 0 Å². The van der Waals surface area contributed by atoms with Crippen molar-refractivity contribution < 1.29 is 19.5 Å². The first-order chi connectivity index (χ1) is 13.3. The van der Waals surface area contributed by atoms with Crippen LogP contribution in [-0.2, 0) is 9.59 Å². The van der Waals surface area contributed by atoms with E-state index in [4.69, 9.17) is 11.6 Å². The van der Waals surface area contributed by atoms with Crippen LogP contribution in [-0.4, -0.2) is 40.8 Å². The summed E-state index contributed by atoms with van der Waals surface area (Å²) in [7, 11) is 0. The number of carbonyl (C=O) groups excluding carboxylic acids is 2. The maximum Gasteiger partial charge on any atom is 0.308 e. The van der Waals surface area contributed by atoms with Gasteiger partial charge in [0.1, 0.15) is 0 Å². The fourth-order valence-electron chi connectivity index (χ4n) is 3.57. The van der Waals surface area contributed by atoms with Gasteiger partial charge in [0.15, 0.2) is 5.78 Å². The Balaban J connectivity index is 1.63. The van der Waals surface area contributed by atoms with Gasteiger partial charge in [0.25, 0.3) is 0 Å². The highest BCUT2D eigenvalue weighted by Gasteiger charge is 2.40. The molecule has 2 aromatic carbocycles. The van der Waals surface area contributed by atoms with Crippen LogP contribution in [0.1, 0.15) is 40.2 Å². The first kappa shape index (κ1) is 20.1. The van der Waals surface area contributed by atoms with Gasteiger partial charge >= 0.3 is 5.97 Å². The summed E-state index contributed by atoms with van der Waals surface area (Å²) in [5.41, 5.74) is 2.50. The topological polar surface area (TPSA) is 74.7 Å². The molecule has 2 atom stereocenters. The van der Waals surface area contributed by atoms with Crippen molar-refractivity contribution in [2.45, 2.75) is 25.7 Å². The van der Waals surface area contributed by atoms with Gasteiger partial charge in [-0.25, -0.2) is 0 Å². The van der Waals surface area contributed by atoms with Gasteiger partial charge in [-0.3, -0.25) is 14.4 Å². The van der Waals surface area contributed by atoms with Gasteiger partial charge in [0.2, 0.25) is 5.91 Å². The number of benzene rings is 2. The summed E-state index contributed by atoms with van der Waals surface area (Å²) < 4.78 is 0. The average molecular weight is 400 g/mol. The Hall–Kier alpha value is -2.66. The molecule has 0 radical (unpaired) electrons. The zero-order valence-electron chi connectivity index (χ0n) is 15.6. The minimum Gasteiger partial charge on any atom is -0.481 e. The van der Waals surface area contributed by atoms with Crippen LogP contribution in [0.5, 0.6) is 0 Å². The molecule has 1 fully saturated rings. The summed E-state index contributed by atoms with van der Waals surface area (Å²) in [6.45, 7) is 2.43. The SMILES string of the molecule is Cc1ccc(C(=O)CCC(=O)N2C[C@@H](C(=O)O)[C@H](c3ccc(Cl)cc3)C2)cc1. The smallest absolute Gasteiger partial charge is 0.308 e. The lowest BCUT2D eigenvalue weighted by Crippen LogP contribution is -2.30. The van der Waals surface area contributed by atoms with Gasteiger partial charge in [-0.1, -0.05) is 53.6 Å². The molecule has 6 heteroatoms. The molecule has 0 saturated carbocycles. The molecule has 28 heavy (non-hydrogen) atoms. The fraction of sp³-hybridized carbons (Fsp3) is 0.318. The highest BCUT2D eigenvalue weighted by molar-refractivity contribution is 6.30. The molecular formula is C22H22ClNO4. The quantitative estimate of drug-likeness (QED) is 0.746. The third kappa shape index (κ3) is 4.60. The third-order valence-electron chi connectivity index (χ3n) is 5.23. The van der Waals surface area contributed by atoms with E-state index in [2.05, 4.69) is 0 Å². The number of amides is 1. The number of carbonyl (C=O) groups is 3. The maximum atomic E-state index is 12.6. The molecule has 5 nitrogen and oxygen atoms in total. The zero-order valence-corrected chi connectivity index (χ0v) is 16.4. The summed E-state index contributed by atoms with van der Waals surface area (Å²) in [4.78, 5) is 38.1. The number of ketones is 1. The van der Waals surface area contributed by atoms with E-state index in [1.54, 1.807) is 41.3 Å². The first-order valence-electron chi connectivity index (χ1n) is 9.21. The molecule has 0 bridgehead atoms. The Labute approximate surface area is 168 Å². The largest absolute Gasteiger partial charge is 0.481 e. The highest BCUT2D eigenvalue weighted by atomic mass is 35.5. The lowest BCUT2D eigenvalue weighted by molar-refractivity contribution is -0.141. The van der Waals surface area contributed by atoms with Crippen molar-refractivity contribution in [3.8, 4) is 0 Å². The zero-order chi connectivity index (χ0) is 20.3. The Morgan fingerprint density at radius 2 is 1.64 bits per heavy atom. The van der Waals surface area contributed by atoms with Crippen LogP contribution in [0.4, 0.5) is 0 Å². The number of hydrogen-bond donors (Lipinski definition) is 1. The number of aryl methyl sites for hydroxylation is 1. The molecule has 2 aromatic rings. The van der Waals surface area contributed by atoms with Crippen molar-refractivity contribution in [3.05, 3.63) is 70.2 Å². The number of halogens is 1. The van der Waals surface area contributed by atoms with Crippen LogP contribution < -0.4 is 0 Å². The Bertz CT molecular complexity index is 876. The van der Waals surface area contributed by atoms with Crippen LogP contribution in [0.3, 0.4) is 0 Å². The number of nitrogens with zero attached hydrogens (tertiary/aromatic N) is 1. The van der Waals surface area contributed by atoms with Crippen LogP contribution in [0.25, 0.3) is 0 Å². The van der Waals surface area contributed by atoms with E-state index >= 15 is 0 Å². The summed E-state index contributed by atoms with van der Waals surface area (Å²) in [5, 5.41) is 10.1. The molecule has 146 valence electrons. The van der Waals surface area contributed by atoms with Crippen LogP contribution in [0, 0.1) is 12.8 Å². The Morgan fingerprint density at radius 3 is 2.25 bits per heavy atom. The molecule has 0 aromatic heterocycles. The van der Waals surface area contributed by atoms with Crippen LogP contribution in [0.2, 0.25) is 5.02 Å². The minimum absolute atomic E-state index is 0.0758. The molecule has 1 heterocycles. The molecule has 1 amide bonds. The molecule has 1 aliphatic heterocycles. The van der Waals surface area contributed by atoms with Gasteiger partial charge in [-0.05, 0) is 24.6 Å². The number of hydrogen-bond acceptors (Lipinski definition) is 3. The van der Waals surface area contributed by atoms with E-state index < -0.39 is 11.9 Å². The molecular weight excluding hydrogens is 378 g/mol. The standard InChI is InChI=1S/C22H22ClNO4/c1-14-2-4-16(5-3-14)20(25)10-11-21(26)24-12-18(19(13-24)22(27)28)15-6-8-17(23)9-7-15/h2-9,18-19H,10-13H2,1H3,(H,27,28)/t18-,19+/m0/s1. The summed E-state index contributed by atoms with van der Waals surface area (Å²) >= 11 is 5.91. The molecule has 0 aliphatic carbocycles. The summed E-state index contributed by atoms with van der Waals surface area (Å²) in [5.74, 6) is -2.16. The normalized spacial score (nSPS) is 18.9. The summed E-state index contributed by atoms with van der Waals surface area (Å²) in [6, 6.07) is 14.3. The second-order valence-corrected chi connectivity index (χ2v) is 7.63. The number of carboxylic acid groups (broad SMARTS) is 1. The lowest BCUT2D eigenvalue weighted by atomic mass is 9.89. The number of likely N-dealkylation sites (tertiary alicyclic amines) is 1. The molecule has 1 aliphatic rings. The number of rotatable bonds is 6. The monoisotopic (exact) mass is 399 g/mol. The van der Waals surface area contributed by atoms with Crippen molar-refractivity contribution in [2.24, 2.45) is 5.92 Å². The van der Waals surface area contributed by atoms with Crippen molar-refractivity contribution in [3.63, 3.8) is 0 Å². The highest BCUT2D eigenvalue weighted by Crippen LogP contribution is 2.34. The second-order valence-electron chi connectivity index (χ2n) is 7.19. The predicted octanol–water partition coefficient (Wildman–Crippen LogP) is 3.94. The van der Waals surface area contributed by atoms with Crippen molar-refractivity contribution in [1.29, 1.82) is 0 Å². The average Bonchev–Trinajstić information content (AvgIpc) is 3.13. The van der Waals surface area contributed by atoms with Crippen molar-refractivity contribution >= 4 is 29.3 Å². The molecule has 1 saturated heterocycles. The van der Waals surface area contributed by atoms with E-state index in [-0.39, 0.29) is 37.0 Å². The lowest BCUT2D eigenvalue weighted by Gasteiger charge is -2.16. The van der Waals surface area contributed by atoms with E-state index in [9.17, 15) is 19.5 Å². The van der Waals surface area contributed by atoms with Gasteiger partial charge in [-0.2, -0.15) is 0 Å². The van der Waals surface area contributed by atoms with Gasteiger partial charge < -0.3 is 10.0 Å². The van der Waals surface area contributed by atoms with Crippen molar-refractivity contribution in [2.75, 3.05) is 13.1 Å². The van der Waals surface area contributed by atoms with Crippen LogP contribution in [0.15, 0.2) is 48.5 Å². The van der Waals surface area contributed by atoms with E-state index in [0.29, 0.717) is 17.1 Å². The van der Waals surface area contributed by atoms with Crippen molar-refractivity contribution in [1.82, 2.24) is 4.90 Å². The van der Waals surface area contributed by atoms with E-state index in [0.717, 1.165) is 11.1 Å². The van der Waals surface area contributed by atoms with Gasteiger partial charge in [0.05, 0.1) is 5.92 Å². The first-order valence-corrected chi connectivity index (χ1v) is 9.59. The maximum absolute atomic E-state index is 12.6. The third-order valence-corrected chi connectivity index (χ3v) is 5.48. The van der Waals surface area contributed by atoms with Gasteiger partial charge in [0, 0.05) is 42.4 Å². The summed E-state index contributed by atoms with van der Waals surface area (Å²) in [6.07, 6.45) is 0.189. The number of aliphatic carboxylic acids is 1.